The molecule has 156 valence electrons. The molecule has 0 aliphatic rings. The quantitative estimate of drug-likeness (QED) is 0.385. The fraction of sp³-hybridized carbons (Fsp3) is 0.0417. The number of pyridine rings is 1. The first-order valence-electron chi connectivity index (χ1n) is 9.60. The van der Waals surface area contributed by atoms with E-state index in [-0.39, 0.29) is 17.2 Å². The van der Waals surface area contributed by atoms with Crippen LogP contribution in [-0.4, -0.2) is 15.4 Å². The van der Waals surface area contributed by atoms with Gasteiger partial charge in [-0.05, 0) is 47.5 Å². The van der Waals surface area contributed by atoms with E-state index < -0.39 is 10.5 Å². The number of amides is 1. The first-order valence-corrected chi connectivity index (χ1v) is 9.60. The van der Waals surface area contributed by atoms with Gasteiger partial charge in [0.2, 0.25) is 5.91 Å². The van der Waals surface area contributed by atoms with Crippen LogP contribution in [0.2, 0.25) is 0 Å². The van der Waals surface area contributed by atoms with Gasteiger partial charge in [0.15, 0.2) is 0 Å². The van der Waals surface area contributed by atoms with Crippen LogP contribution >= 0.6 is 0 Å². The highest BCUT2D eigenvalue weighted by Gasteiger charge is 2.14. The number of nitrogens with one attached hydrogen (secondary N) is 1. The third-order valence-electron chi connectivity index (χ3n) is 4.96. The van der Waals surface area contributed by atoms with Crippen LogP contribution in [-0.2, 0) is 4.79 Å². The van der Waals surface area contributed by atoms with Crippen LogP contribution in [0.25, 0.3) is 27.7 Å². The Bertz CT molecular complexity index is 1480. The van der Waals surface area contributed by atoms with Gasteiger partial charge in [0.05, 0.1) is 10.4 Å². The first kappa shape index (κ1) is 20.5. The summed E-state index contributed by atoms with van der Waals surface area (Å²) < 4.78 is 1.37. The van der Waals surface area contributed by atoms with Crippen LogP contribution in [0.5, 0.6) is 0 Å². The van der Waals surface area contributed by atoms with Gasteiger partial charge >= 0.3 is 0 Å². The van der Waals surface area contributed by atoms with Gasteiger partial charge in [-0.3, -0.25) is 24.3 Å². The van der Waals surface area contributed by atoms with Crippen LogP contribution in [0.4, 0.5) is 11.4 Å². The Morgan fingerprint density at radius 1 is 1.03 bits per heavy atom. The van der Waals surface area contributed by atoms with E-state index in [0.29, 0.717) is 22.3 Å². The van der Waals surface area contributed by atoms with E-state index in [1.165, 1.54) is 41.8 Å². The van der Waals surface area contributed by atoms with Gasteiger partial charge in [-0.2, -0.15) is 5.26 Å². The summed E-state index contributed by atoms with van der Waals surface area (Å²) in [4.78, 5) is 34.9. The number of rotatable bonds is 4. The summed E-state index contributed by atoms with van der Waals surface area (Å²) in [6.45, 7) is 1.43. The number of fused-ring (bicyclic) bond motifs is 1. The normalized spacial score (nSPS) is 10.5. The summed E-state index contributed by atoms with van der Waals surface area (Å²) in [6, 6.07) is 21.8. The average Bonchev–Trinajstić information content (AvgIpc) is 2.78. The summed E-state index contributed by atoms with van der Waals surface area (Å²) in [5.74, 6) is -0.184. The maximum atomic E-state index is 13.0. The molecular formula is C24H16N4O4. The zero-order chi connectivity index (χ0) is 22.8. The van der Waals surface area contributed by atoms with Gasteiger partial charge < -0.3 is 5.32 Å². The van der Waals surface area contributed by atoms with Crippen molar-refractivity contribution in [3.05, 3.63) is 98.8 Å². The minimum Gasteiger partial charge on any atom is -0.326 e. The molecule has 0 atom stereocenters. The topological polar surface area (TPSA) is 118 Å². The predicted octanol–water partition coefficient (Wildman–Crippen LogP) is 4.40. The van der Waals surface area contributed by atoms with Crippen molar-refractivity contribution in [1.82, 2.24) is 4.57 Å². The minimum atomic E-state index is -0.517. The van der Waals surface area contributed by atoms with Crippen molar-refractivity contribution in [3.63, 3.8) is 0 Å². The van der Waals surface area contributed by atoms with Gasteiger partial charge in [-0.1, -0.05) is 24.3 Å². The maximum Gasteiger partial charge on any atom is 0.273 e. The van der Waals surface area contributed by atoms with E-state index in [1.54, 1.807) is 12.1 Å². The molecule has 0 saturated carbocycles. The predicted molar refractivity (Wildman–Crippen MR) is 121 cm³/mol. The second-order valence-electron chi connectivity index (χ2n) is 7.12. The van der Waals surface area contributed by atoms with Gasteiger partial charge in [0, 0.05) is 35.8 Å². The third-order valence-corrected chi connectivity index (χ3v) is 4.96. The fourth-order valence-corrected chi connectivity index (χ4v) is 3.53. The monoisotopic (exact) mass is 424 g/mol. The molecule has 8 nitrogen and oxygen atoms in total. The molecule has 0 aliphatic carbocycles. The second kappa shape index (κ2) is 8.16. The van der Waals surface area contributed by atoms with Crippen molar-refractivity contribution in [2.24, 2.45) is 0 Å². The second-order valence-corrected chi connectivity index (χ2v) is 7.12. The van der Waals surface area contributed by atoms with Crippen molar-refractivity contribution < 1.29 is 9.72 Å². The van der Waals surface area contributed by atoms with Crippen molar-refractivity contribution in [1.29, 1.82) is 5.26 Å². The van der Waals surface area contributed by atoms with Crippen molar-refractivity contribution >= 4 is 28.2 Å². The molecule has 1 N–H and O–H groups in total. The Hall–Kier alpha value is -4.77. The Kier molecular flexibility index (Phi) is 5.23. The van der Waals surface area contributed by atoms with Crippen molar-refractivity contribution in [3.8, 4) is 22.9 Å². The van der Waals surface area contributed by atoms with Crippen molar-refractivity contribution in [2.75, 3.05) is 5.32 Å². The Morgan fingerprint density at radius 3 is 2.41 bits per heavy atom. The highest BCUT2D eigenvalue weighted by atomic mass is 16.6. The Balaban J connectivity index is 1.94. The minimum absolute atomic E-state index is 0.0312. The van der Waals surface area contributed by atoms with Crippen LogP contribution in [0.15, 0.2) is 77.6 Å². The van der Waals surface area contributed by atoms with Crippen LogP contribution in [0.1, 0.15) is 12.5 Å². The summed E-state index contributed by atoms with van der Waals surface area (Å²) in [7, 11) is 0. The number of anilines is 1. The lowest BCUT2D eigenvalue weighted by atomic mass is 10.0. The zero-order valence-electron chi connectivity index (χ0n) is 16.9. The summed E-state index contributed by atoms with van der Waals surface area (Å²) in [5.41, 5.74) is 2.57. The number of carbonyl (C=O) groups excluding carboxylic acids is 1. The summed E-state index contributed by atoms with van der Waals surface area (Å²) in [5, 5.41) is 23.8. The molecule has 0 fully saturated rings. The Morgan fingerprint density at radius 2 is 1.75 bits per heavy atom. The highest BCUT2D eigenvalue weighted by Crippen LogP contribution is 2.28. The molecule has 1 heterocycles. The lowest BCUT2D eigenvalue weighted by Crippen LogP contribution is -2.21. The molecule has 0 spiro atoms. The van der Waals surface area contributed by atoms with Crippen LogP contribution in [0.3, 0.4) is 0 Å². The van der Waals surface area contributed by atoms with Crippen LogP contribution in [0, 0.1) is 21.4 Å². The number of nitrogens with zero attached hydrogens (tertiary/aromatic N) is 3. The molecule has 0 unspecified atom stereocenters. The molecular weight excluding hydrogens is 408 g/mol. The van der Waals surface area contributed by atoms with E-state index in [2.05, 4.69) is 5.32 Å². The molecule has 1 aromatic heterocycles. The van der Waals surface area contributed by atoms with E-state index in [9.17, 15) is 25.0 Å². The molecule has 1 amide bonds. The molecule has 0 radical (unpaired) electrons. The number of non-ortho nitro benzene ring substituents is 1. The zero-order valence-corrected chi connectivity index (χ0v) is 16.9. The first-order chi connectivity index (χ1) is 15.4. The highest BCUT2D eigenvalue weighted by molar-refractivity contribution is 5.91. The van der Waals surface area contributed by atoms with Gasteiger partial charge in [0.1, 0.15) is 11.6 Å². The number of nitro benzene ring substituents is 1. The molecule has 32 heavy (non-hydrogen) atoms. The van der Waals surface area contributed by atoms with E-state index in [4.69, 9.17) is 0 Å². The molecule has 3 aromatic carbocycles. The van der Waals surface area contributed by atoms with Crippen molar-refractivity contribution in [2.45, 2.75) is 6.92 Å². The number of hydrogen-bond acceptors (Lipinski definition) is 5. The number of nitro groups is 1. The van der Waals surface area contributed by atoms with Gasteiger partial charge in [0.25, 0.3) is 11.2 Å². The lowest BCUT2D eigenvalue weighted by Gasteiger charge is -2.13. The van der Waals surface area contributed by atoms with E-state index >= 15 is 0 Å². The number of carbonyl (C=O) groups is 1. The largest absolute Gasteiger partial charge is 0.326 e. The number of hydrogen-bond donors (Lipinski definition) is 1. The number of nitriles is 1. The average molecular weight is 424 g/mol. The van der Waals surface area contributed by atoms with Gasteiger partial charge in [-0.25, -0.2) is 0 Å². The molecule has 4 rings (SSSR count). The SMILES string of the molecule is CC(=O)Nc1cccc(-c2ccc3cc(C#N)c(=O)n(-c4ccc([N+](=O)[O-])cc4)c3c2)c1. The van der Waals surface area contributed by atoms with E-state index in [1.807, 2.05) is 36.4 Å². The van der Waals surface area contributed by atoms with E-state index in [0.717, 1.165) is 11.1 Å². The van der Waals surface area contributed by atoms with Gasteiger partial charge in [-0.15, -0.1) is 0 Å². The molecule has 4 aromatic rings. The number of benzene rings is 3. The fourth-order valence-electron chi connectivity index (χ4n) is 3.53. The summed E-state index contributed by atoms with van der Waals surface area (Å²) >= 11 is 0. The Labute approximate surface area is 182 Å². The maximum absolute atomic E-state index is 13.0. The van der Waals surface area contributed by atoms with Crippen LogP contribution < -0.4 is 10.9 Å². The molecule has 0 aliphatic heterocycles. The third kappa shape index (κ3) is 3.82. The standard InChI is InChI=1S/C24H16N4O4/c1-15(29)26-20-4-2-3-16(12-20)17-5-6-18-11-19(14-25)24(30)27(23(18)13-17)21-7-9-22(10-8-21)28(31)32/h2-13H,1H3,(H,26,29). The molecule has 0 bridgehead atoms. The number of aromatic nitrogens is 1. The smallest absolute Gasteiger partial charge is 0.273 e. The molecule has 8 heteroatoms. The molecule has 0 saturated heterocycles. The summed E-state index contributed by atoms with van der Waals surface area (Å²) in [6.07, 6.45) is 0. The lowest BCUT2D eigenvalue weighted by molar-refractivity contribution is -0.384.